The number of anilines is 1. The van der Waals surface area contributed by atoms with Crippen LogP contribution in [0.1, 0.15) is 17.5 Å². The first-order chi connectivity index (χ1) is 13.9. The zero-order valence-electron chi connectivity index (χ0n) is 16.5. The molecule has 0 fully saturated rings. The second-order valence-electron chi connectivity index (χ2n) is 6.81. The normalized spacial score (nSPS) is 10.7. The topological polar surface area (TPSA) is 81.2 Å². The number of carbonyl (C=O) groups is 2. The van der Waals surface area contributed by atoms with Crippen LogP contribution in [0.4, 0.5) is 5.69 Å². The molecule has 0 aliphatic rings. The van der Waals surface area contributed by atoms with E-state index in [9.17, 15) is 9.59 Å². The molecule has 2 amide bonds. The number of aromatic nitrogens is 2. The molecule has 3 aromatic rings. The van der Waals surface area contributed by atoms with Crippen LogP contribution >= 0.6 is 11.8 Å². The first-order valence-electron chi connectivity index (χ1n) is 9.32. The van der Waals surface area contributed by atoms with Gasteiger partial charge >= 0.3 is 0 Å². The number of para-hydroxylation sites is 1. The third-order valence-corrected chi connectivity index (χ3v) is 5.32. The zero-order valence-corrected chi connectivity index (χ0v) is 17.4. The molecule has 2 N–H and O–H groups in total. The minimum Gasteiger partial charge on any atom is -0.370 e. The molecule has 0 spiro atoms. The monoisotopic (exact) mass is 408 g/mol. The summed E-state index contributed by atoms with van der Waals surface area (Å²) in [6.45, 7) is 4.37. The van der Waals surface area contributed by atoms with Gasteiger partial charge in [0.25, 0.3) is 0 Å². The van der Waals surface area contributed by atoms with Crippen molar-refractivity contribution >= 4 is 29.3 Å². The number of amides is 2. The Labute approximate surface area is 174 Å². The highest BCUT2D eigenvalue weighted by Gasteiger charge is 2.18. The van der Waals surface area contributed by atoms with Crippen LogP contribution in [0.2, 0.25) is 0 Å². The SMILES string of the molecule is Cc1cc(C)cc(-n2ccnc2SCC(=O)N(CCC(N)=O)c2ccccc2)c1. The summed E-state index contributed by atoms with van der Waals surface area (Å²) in [4.78, 5) is 30.2. The number of nitrogens with two attached hydrogens (primary N) is 1. The Morgan fingerprint density at radius 1 is 1.10 bits per heavy atom. The molecule has 0 aliphatic heterocycles. The highest BCUT2D eigenvalue weighted by molar-refractivity contribution is 7.99. The minimum atomic E-state index is -0.434. The third-order valence-electron chi connectivity index (χ3n) is 4.37. The summed E-state index contributed by atoms with van der Waals surface area (Å²) in [7, 11) is 0. The number of imidazole rings is 1. The fourth-order valence-corrected chi connectivity index (χ4v) is 3.96. The number of benzene rings is 2. The van der Waals surface area contributed by atoms with Crippen LogP contribution in [-0.4, -0.2) is 33.7 Å². The molecule has 2 aromatic carbocycles. The van der Waals surface area contributed by atoms with Gasteiger partial charge in [-0.3, -0.25) is 14.2 Å². The fourth-order valence-electron chi connectivity index (χ4n) is 3.11. The first-order valence-corrected chi connectivity index (χ1v) is 10.3. The van der Waals surface area contributed by atoms with Gasteiger partial charge in [-0.05, 0) is 49.2 Å². The lowest BCUT2D eigenvalue weighted by atomic mass is 10.1. The molecule has 0 bridgehead atoms. The lowest BCUT2D eigenvalue weighted by Gasteiger charge is -2.22. The van der Waals surface area contributed by atoms with Crippen molar-refractivity contribution in [1.29, 1.82) is 0 Å². The van der Waals surface area contributed by atoms with Crippen molar-refractivity contribution in [3.8, 4) is 5.69 Å². The lowest BCUT2D eigenvalue weighted by molar-refractivity contribution is -0.118. The van der Waals surface area contributed by atoms with Crippen molar-refractivity contribution in [3.63, 3.8) is 0 Å². The Bertz CT molecular complexity index is 981. The molecular weight excluding hydrogens is 384 g/mol. The molecule has 0 atom stereocenters. The van der Waals surface area contributed by atoms with Crippen LogP contribution in [0.15, 0.2) is 66.1 Å². The van der Waals surface area contributed by atoms with Gasteiger partial charge in [0.15, 0.2) is 5.16 Å². The van der Waals surface area contributed by atoms with Gasteiger partial charge in [-0.1, -0.05) is 36.0 Å². The van der Waals surface area contributed by atoms with Crippen molar-refractivity contribution in [2.24, 2.45) is 5.73 Å². The second-order valence-corrected chi connectivity index (χ2v) is 7.75. The largest absolute Gasteiger partial charge is 0.370 e. The van der Waals surface area contributed by atoms with Gasteiger partial charge in [0.1, 0.15) is 0 Å². The summed E-state index contributed by atoms with van der Waals surface area (Å²) in [5, 5.41) is 0.742. The Morgan fingerprint density at radius 2 is 1.79 bits per heavy atom. The van der Waals surface area contributed by atoms with Crippen LogP contribution < -0.4 is 10.6 Å². The van der Waals surface area contributed by atoms with Crippen LogP contribution in [0.5, 0.6) is 0 Å². The Kier molecular flexibility index (Phi) is 6.72. The van der Waals surface area contributed by atoms with Crippen LogP contribution in [0.3, 0.4) is 0 Å². The van der Waals surface area contributed by atoms with E-state index in [1.807, 2.05) is 41.1 Å². The van der Waals surface area contributed by atoms with E-state index in [-0.39, 0.29) is 24.6 Å². The van der Waals surface area contributed by atoms with E-state index in [4.69, 9.17) is 5.73 Å². The molecular formula is C22H24N4O2S. The van der Waals surface area contributed by atoms with Crippen molar-refractivity contribution < 1.29 is 9.59 Å². The number of hydrogen-bond donors (Lipinski definition) is 1. The molecule has 0 unspecified atom stereocenters. The van der Waals surface area contributed by atoms with E-state index < -0.39 is 5.91 Å². The van der Waals surface area contributed by atoms with E-state index in [0.717, 1.165) is 16.5 Å². The summed E-state index contributed by atoms with van der Waals surface area (Å²) in [6, 6.07) is 15.6. The first kappa shape index (κ1) is 20.7. The van der Waals surface area contributed by atoms with Crippen LogP contribution in [0.25, 0.3) is 5.69 Å². The summed E-state index contributed by atoms with van der Waals surface area (Å²) in [5.41, 5.74) is 9.39. The molecule has 3 rings (SSSR count). The number of rotatable bonds is 8. The maximum Gasteiger partial charge on any atom is 0.237 e. The van der Waals surface area contributed by atoms with Crippen molar-refractivity contribution in [2.75, 3.05) is 17.2 Å². The second kappa shape index (κ2) is 9.43. The number of primary amides is 1. The number of hydrogen-bond acceptors (Lipinski definition) is 4. The van der Waals surface area contributed by atoms with Crippen molar-refractivity contribution in [3.05, 3.63) is 72.1 Å². The van der Waals surface area contributed by atoms with Crippen LogP contribution in [-0.2, 0) is 9.59 Å². The summed E-state index contributed by atoms with van der Waals surface area (Å²) >= 11 is 1.37. The third kappa shape index (κ3) is 5.48. The quantitative estimate of drug-likeness (QED) is 0.579. The van der Waals surface area contributed by atoms with Gasteiger partial charge in [-0.15, -0.1) is 0 Å². The molecule has 29 heavy (non-hydrogen) atoms. The van der Waals surface area contributed by atoms with Gasteiger partial charge < -0.3 is 10.6 Å². The molecule has 7 heteroatoms. The molecule has 0 saturated heterocycles. The Balaban J connectivity index is 1.75. The van der Waals surface area contributed by atoms with Gasteiger partial charge in [0.2, 0.25) is 11.8 Å². The van der Waals surface area contributed by atoms with E-state index in [0.29, 0.717) is 0 Å². The van der Waals surface area contributed by atoms with E-state index in [1.165, 1.54) is 22.9 Å². The molecule has 0 saturated carbocycles. The zero-order chi connectivity index (χ0) is 20.8. The average Bonchev–Trinajstić information content (AvgIpc) is 3.15. The van der Waals surface area contributed by atoms with Gasteiger partial charge in [-0.2, -0.15) is 0 Å². The van der Waals surface area contributed by atoms with Gasteiger partial charge in [-0.25, -0.2) is 4.98 Å². The highest BCUT2D eigenvalue weighted by Crippen LogP contribution is 2.23. The lowest BCUT2D eigenvalue weighted by Crippen LogP contribution is -2.35. The molecule has 0 radical (unpaired) electrons. The summed E-state index contributed by atoms with van der Waals surface area (Å²) in [5.74, 6) is -0.329. The summed E-state index contributed by atoms with van der Waals surface area (Å²) < 4.78 is 1.98. The molecule has 0 aliphatic carbocycles. The predicted molar refractivity (Wildman–Crippen MR) is 116 cm³/mol. The molecule has 6 nitrogen and oxygen atoms in total. The maximum atomic E-state index is 12.9. The van der Waals surface area contributed by atoms with Crippen molar-refractivity contribution in [2.45, 2.75) is 25.4 Å². The van der Waals surface area contributed by atoms with E-state index in [1.54, 1.807) is 11.1 Å². The number of nitrogens with zero attached hydrogens (tertiary/aromatic N) is 3. The number of thioether (sulfide) groups is 1. The fraction of sp³-hybridized carbons (Fsp3) is 0.227. The Morgan fingerprint density at radius 3 is 2.45 bits per heavy atom. The van der Waals surface area contributed by atoms with Crippen LogP contribution in [0, 0.1) is 13.8 Å². The predicted octanol–water partition coefficient (Wildman–Crippen LogP) is 3.49. The molecule has 1 heterocycles. The van der Waals surface area contributed by atoms with Crippen molar-refractivity contribution in [1.82, 2.24) is 9.55 Å². The van der Waals surface area contributed by atoms with E-state index >= 15 is 0 Å². The maximum absolute atomic E-state index is 12.9. The summed E-state index contributed by atoms with van der Waals surface area (Å²) in [6.07, 6.45) is 3.73. The molecule has 1 aromatic heterocycles. The van der Waals surface area contributed by atoms with Gasteiger partial charge in [0.05, 0.1) is 5.75 Å². The number of aryl methyl sites for hydroxylation is 2. The molecule has 150 valence electrons. The van der Waals surface area contributed by atoms with Gasteiger partial charge in [0, 0.05) is 36.7 Å². The Hall–Kier alpha value is -3.06. The number of carbonyl (C=O) groups excluding carboxylic acids is 2. The average molecular weight is 409 g/mol. The van der Waals surface area contributed by atoms with E-state index in [2.05, 4.69) is 37.0 Å². The minimum absolute atomic E-state index is 0.0996. The highest BCUT2D eigenvalue weighted by atomic mass is 32.2. The standard InChI is InChI=1S/C22H24N4O2S/c1-16-12-17(2)14-19(13-16)26-11-9-24-22(26)29-15-21(28)25(10-8-20(23)27)18-6-4-3-5-7-18/h3-7,9,11-14H,8,10,15H2,1-2H3,(H2,23,27). The smallest absolute Gasteiger partial charge is 0.237 e.